The summed E-state index contributed by atoms with van der Waals surface area (Å²) in [6.07, 6.45) is 5.30. The lowest BCUT2D eigenvalue weighted by atomic mass is 10.1. The van der Waals surface area contributed by atoms with Gasteiger partial charge >= 0.3 is 0 Å². The van der Waals surface area contributed by atoms with Crippen LogP contribution in [-0.4, -0.2) is 44.4 Å². The number of ether oxygens (including phenoxy) is 2. The van der Waals surface area contributed by atoms with Gasteiger partial charge in [-0.05, 0) is 25.1 Å². The molecule has 1 aromatic carbocycles. The molecule has 1 saturated heterocycles. The van der Waals surface area contributed by atoms with Gasteiger partial charge in [-0.1, -0.05) is 24.1 Å². The number of para-hydroxylation sites is 1. The van der Waals surface area contributed by atoms with Crippen molar-refractivity contribution in [3.05, 3.63) is 53.5 Å². The molecule has 138 valence electrons. The lowest BCUT2D eigenvalue weighted by molar-refractivity contribution is 0.0115. The maximum Gasteiger partial charge on any atom is 0.148 e. The first-order valence-electron chi connectivity index (χ1n) is 9.01. The summed E-state index contributed by atoms with van der Waals surface area (Å²) in [5.74, 6) is 5.27. The zero-order valence-electron chi connectivity index (χ0n) is 15.2. The topological polar surface area (TPSA) is 46.9 Å². The van der Waals surface area contributed by atoms with Crippen LogP contribution in [-0.2, 0) is 11.3 Å². The molecule has 5 heteroatoms. The first-order valence-corrected chi connectivity index (χ1v) is 9.01. The molecule has 1 unspecified atom stereocenters. The molecular weight excluding hydrogens is 328 g/mol. The molecule has 1 aliphatic heterocycles. The SMILES string of the molecule is C#CCOc1ccccc1CNCC(c1ccc(C)o1)N1CCOCC1. The number of morpholine rings is 1. The third kappa shape index (κ3) is 4.89. The fourth-order valence-electron chi connectivity index (χ4n) is 3.18. The number of nitrogens with one attached hydrogen (secondary N) is 1. The van der Waals surface area contributed by atoms with Gasteiger partial charge in [-0.15, -0.1) is 6.42 Å². The van der Waals surface area contributed by atoms with Gasteiger partial charge in [0, 0.05) is 31.7 Å². The molecule has 2 aromatic rings. The molecule has 0 bridgehead atoms. The van der Waals surface area contributed by atoms with Crippen molar-refractivity contribution in [1.82, 2.24) is 10.2 Å². The van der Waals surface area contributed by atoms with E-state index in [0.29, 0.717) is 6.54 Å². The van der Waals surface area contributed by atoms with Gasteiger partial charge in [-0.25, -0.2) is 0 Å². The normalized spacial score (nSPS) is 16.2. The summed E-state index contributed by atoms with van der Waals surface area (Å²) in [7, 11) is 0. The van der Waals surface area contributed by atoms with Crippen molar-refractivity contribution < 1.29 is 13.9 Å². The smallest absolute Gasteiger partial charge is 0.148 e. The Morgan fingerprint density at radius 1 is 1.23 bits per heavy atom. The summed E-state index contributed by atoms with van der Waals surface area (Å²) < 4.78 is 17.0. The molecule has 0 spiro atoms. The van der Waals surface area contributed by atoms with Crippen LogP contribution in [0.15, 0.2) is 40.8 Å². The highest BCUT2D eigenvalue weighted by Gasteiger charge is 2.24. The van der Waals surface area contributed by atoms with Gasteiger partial charge in [0.05, 0.1) is 19.3 Å². The second-order valence-corrected chi connectivity index (χ2v) is 6.34. The average Bonchev–Trinajstić information content (AvgIpc) is 3.11. The highest BCUT2D eigenvalue weighted by atomic mass is 16.5. The van der Waals surface area contributed by atoms with E-state index in [1.807, 2.05) is 31.2 Å². The number of terminal acetylenes is 1. The van der Waals surface area contributed by atoms with Crippen molar-refractivity contribution in [2.75, 3.05) is 39.5 Å². The Kier molecular flexibility index (Phi) is 6.73. The molecule has 0 amide bonds. The minimum Gasteiger partial charge on any atom is -0.481 e. The van der Waals surface area contributed by atoms with Crippen molar-refractivity contribution in [2.24, 2.45) is 0 Å². The van der Waals surface area contributed by atoms with Gasteiger partial charge in [0.25, 0.3) is 0 Å². The predicted octanol–water partition coefficient (Wildman–Crippen LogP) is 2.76. The van der Waals surface area contributed by atoms with E-state index in [9.17, 15) is 0 Å². The van der Waals surface area contributed by atoms with E-state index in [1.165, 1.54) is 0 Å². The van der Waals surface area contributed by atoms with Crippen LogP contribution < -0.4 is 10.1 Å². The van der Waals surface area contributed by atoms with Crippen LogP contribution in [0.3, 0.4) is 0 Å². The van der Waals surface area contributed by atoms with Gasteiger partial charge < -0.3 is 19.2 Å². The van der Waals surface area contributed by atoms with Crippen LogP contribution >= 0.6 is 0 Å². The van der Waals surface area contributed by atoms with Crippen LogP contribution in [0.25, 0.3) is 0 Å². The number of rotatable bonds is 8. The molecule has 1 aromatic heterocycles. The van der Waals surface area contributed by atoms with E-state index < -0.39 is 0 Å². The molecule has 1 N–H and O–H groups in total. The van der Waals surface area contributed by atoms with Crippen molar-refractivity contribution in [3.8, 4) is 18.1 Å². The minimum absolute atomic E-state index is 0.186. The van der Waals surface area contributed by atoms with Crippen molar-refractivity contribution in [1.29, 1.82) is 0 Å². The molecule has 1 fully saturated rings. The van der Waals surface area contributed by atoms with Gasteiger partial charge in [-0.2, -0.15) is 0 Å². The van der Waals surface area contributed by atoms with Gasteiger partial charge in [-0.3, -0.25) is 4.90 Å². The van der Waals surface area contributed by atoms with E-state index in [0.717, 1.165) is 55.7 Å². The summed E-state index contributed by atoms with van der Waals surface area (Å²) in [6, 6.07) is 12.2. The molecule has 0 saturated carbocycles. The Morgan fingerprint density at radius 3 is 2.77 bits per heavy atom. The average molecular weight is 354 g/mol. The fraction of sp³-hybridized carbons (Fsp3) is 0.429. The van der Waals surface area contributed by atoms with E-state index in [-0.39, 0.29) is 12.6 Å². The van der Waals surface area contributed by atoms with Crippen molar-refractivity contribution >= 4 is 0 Å². The van der Waals surface area contributed by atoms with Gasteiger partial charge in [0.1, 0.15) is 23.9 Å². The van der Waals surface area contributed by atoms with E-state index in [2.05, 4.69) is 28.3 Å². The Morgan fingerprint density at radius 2 is 2.04 bits per heavy atom. The van der Waals surface area contributed by atoms with Crippen LogP contribution in [0.2, 0.25) is 0 Å². The zero-order valence-corrected chi connectivity index (χ0v) is 15.2. The number of aryl methyl sites for hydroxylation is 1. The minimum atomic E-state index is 0.186. The van der Waals surface area contributed by atoms with Crippen LogP contribution in [0.5, 0.6) is 5.75 Å². The zero-order chi connectivity index (χ0) is 18.2. The summed E-state index contributed by atoms with van der Waals surface area (Å²) in [5, 5.41) is 3.55. The molecule has 0 aliphatic carbocycles. The van der Waals surface area contributed by atoms with Crippen LogP contribution in [0, 0.1) is 19.3 Å². The van der Waals surface area contributed by atoms with Gasteiger partial charge in [0.15, 0.2) is 0 Å². The van der Waals surface area contributed by atoms with E-state index in [4.69, 9.17) is 20.3 Å². The Balaban J connectivity index is 1.64. The Labute approximate surface area is 155 Å². The third-order valence-corrected chi connectivity index (χ3v) is 4.51. The van der Waals surface area contributed by atoms with Crippen molar-refractivity contribution in [2.45, 2.75) is 19.5 Å². The summed E-state index contributed by atoms with van der Waals surface area (Å²) >= 11 is 0. The first-order chi connectivity index (χ1) is 12.8. The number of benzene rings is 1. The van der Waals surface area contributed by atoms with Crippen LogP contribution in [0.1, 0.15) is 23.1 Å². The quantitative estimate of drug-likeness (QED) is 0.739. The third-order valence-electron chi connectivity index (χ3n) is 4.51. The van der Waals surface area contributed by atoms with Crippen molar-refractivity contribution in [3.63, 3.8) is 0 Å². The standard InChI is InChI=1S/C21H26N2O3/c1-3-12-25-20-7-5-4-6-18(20)15-22-16-19(21-9-8-17(2)26-21)23-10-13-24-14-11-23/h1,4-9,19,22H,10-16H2,2H3. The summed E-state index contributed by atoms with van der Waals surface area (Å²) in [4.78, 5) is 2.41. The molecule has 2 heterocycles. The molecule has 5 nitrogen and oxygen atoms in total. The molecular formula is C21H26N2O3. The van der Waals surface area contributed by atoms with Crippen LogP contribution in [0.4, 0.5) is 0 Å². The largest absolute Gasteiger partial charge is 0.481 e. The highest BCUT2D eigenvalue weighted by Crippen LogP contribution is 2.24. The molecule has 1 aliphatic rings. The number of nitrogens with zero attached hydrogens (tertiary/aromatic N) is 1. The molecule has 1 atom stereocenters. The Hall–Kier alpha value is -2.26. The Bertz CT molecular complexity index is 729. The fourth-order valence-corrected chi connectivity index (χ4v) is 3.18. The second kappa shape index (κ2) is 9.44. The summed E-state index contributed by atoms with van der Waals surface area (Å²) in [5.41, 5.74) is 1.10. The summed E-state index contributed by atoms with van der Waals surface area (Å²) in [6.45, 7) is 7.10. The number of furan rings is 1. The lowest BCUT2D eigenvalue weighted by Crippen LogP contribution is -2.42. The second-order valence-electron chi connectivity index (χ2n) is 6.34. The van der Waals surface area contributed by atoms with Gasteiger partial charge in [0.2, 0.25) is 0 Å². The maximum absolute atomic E-state index is 5.91. The maximum atomic E-state index is 5.91. The van der Waals surface area contributed by atoms with E-state index >= 15 is 0 Å². The molecule has 0 radical (unpaired) electrons. The highest BCUT2D eigenvalue weighted by molar-refractivity contribution is 5.33. The number of hydrogen-bond acceptors (Lipinski definition) is 5. The monoisotopic (exact) mass is 354 g/mol. The molecule has 26 heavy (non-hydrogen) atoms. The first kappa shape index (κ1) is 18.5. The lowest BCUT2D eigenvalue weighted by Gasteiger charge is -2.33. The van der Waals surface area contributed by atoms with E-state index in [1.54, 1.807) is 0 Å². The number of hydrogen-bond donors (Lipinski definition) is 1. The molecule has 3 rings (SSSR count). The predicted molar refractivity (Wildman–Crippen MR) is 101 cm³/mol.